The summed E-state index contributed by atoms with van der Waals surface area (Å²) in [5.74, 6) is 1.04. The number of nitrogens with zero attached hydrogens (tertiary/aromatic N) is 4. The maximum absolute atomic E-state index is 11.9. The smallest absolute Gasteiger partial charge is 0.213 e. The summed E-state index contributed by atoms with van der Waals surface area (Å²) >= 11 is 1.43. The summed E-state index contributed by atoms with van der Waals surface area (Å²) in [6.07, 6.45) is 2.26. The van der Waals surface area contributed by atoms with Crippen LogP contribution in [0.4, 0.5) is 5.82 Å². The molecule has 0 saturated carbocycles. The van der Waals surface area contributed by atoms with Crippen molar-refractivity contribution >= 4 is 38.8 Å². The van der Waals surface area contributed by atoms with Crippen molar-refractivity contribution < 1.29 is 13.2 Å². The SMILES string of the molecule is CNS(=O)(=O)CCn1c(Sc2cc3c(cc2C)CCO3)nc2c(N)ncnc21. The highest BCUT2D eigenvalue weighted by molar-refractivity contribution is 7.99. The molecular weight excluding hydrogens is 400 g/mol. The summed E-state index contributed by atoms with van der Waals surface area (Å²) in [6, 6.07) is 4.13. The predicted molar refractivity (Wildman–Crippen MR) is 107 cm³/mol. The molecule has 3 N–H and O–H groups in total. The average Bonchev–Trinajstić information content (AvgIpc) is 3.25. The number of fused-ring (bicyclic) bond motifs is 2. The zero-order chi connectivity index (χ0) is 19.9. The minimum Gasteiger partial charge on any atom is -0.493 e. The summed E-state index contributed by atoms with van der Waals surface area (Å²) in [4.78, 5) is 13.8. The Morgan fingerprint density at radius 1 is 1.36 bits per heavy atom. The largest absolute Gasteiger partial charge is 0.493 e. The molecule has 2 aromatic heterocycles. The third-order valence-electron chi connectivity index (χ3n) is 4.61. The van der Waals surface area contributed by atoms with Gasteiger partial charge in [0.05, 0.1) is 12.4 Å². The van der Waals surface area contributed by atoms with E-state index in [2.05, 4.69) is 25.7 Å². The third kappa shape index (κ3) is 3.52. The molecule has 0 atom stereocenters. The molecule has 0 amide bonds. The number of imidazole rings is 1. The van der Waals surface area contributed by atoms with Crippen molar-refractivity contribution in [2.75, 3.05) is 25.1 Å². The first kappa shape index (κ1) is 19.0. The second kappa shape index (κ2) is 7.22. The van der Waals surface area contributed by atoms with Crippen LogP contribution in [0.3, 0.4) is 0 Å². The van der Waals surface area contributed by atoms with Crippen LogP contribution in [0, 0.1) is 6.92 Å². The van der Waals surface area contributed by atoms with E-state index in [4.69, 9.17) is 10.5 Å². The molecule has 0 unspecified atom stereocenters. The Bertz CT molecular complexity index is 1160. The first-order valence-corrected chi connectivity index (χ1v) is 11.2. The van der Waals surface area contributed by atoms with Gasteiger partial charge in [-0.15, -0.1) is 0 Å². The average molecular weight is 421 g/mol. The van der Waals surface area contributed by atoms with Gasteiger partial charge in [0.1, 0.15) is 12.1 Å². The number of rotatable bonds is 6. The molecule has 28 heavy (non-hydrogen) atoms. The highest BCUT2D eigenvalue weighted by Crippen LogP contribution is 2.37. The number of aryl methyl sites for hydroxylation is 2. The number of aromatic nitrogens is 4. The first-order valence-electron chi connectivity index (χ1n) is 8.70. The van der Waals surface area contributed by atoms with Gasteiger partial charge in [0.25, 0.3) is 0 Å². The van der Waals surface area contributed by atoms with E-state index in [0.29, 0.717) is 22.9 Å². The molecule has 0 spiro atoms. The maximum Gasteiger partial charge on any atom is 0.213 e. The molecule has 148 valence electrons. The zero-order valence-corrected chi connectivity index (χ0v) is 17.1. The van der Waals surface area contributed by atoms with E-state index in [1.54, 1.807) is 4.57 Å². The molecule has 0 saturated heterocycles. The number of nitrogens with two attached hydrogens (primary N) is 1. The predicted octanol–water partition coefficient (Wildman–Crippen LogP) is 1.35. The van der Waals surface area contributed by atoms with Gasteiger partial charge < -0.3 is 15.0 Å². The second-order valence-electron chi connectivity index (χ2n) is 6.43. The second-order valence-corrected chi connectivity index (χ2v) is 9.48. The van der Waals surface area contributed by atoms with Crippen molar-refractivity contribution in [3.05, 3.63) is 29.6 Å². The van der Waals surface area contributed by atoms with Gasteiger partial charge in [-0.3, -0.25) is 0 Å². The fourth-order valence-corrected chi connectivity index (χ4v) is 4.70. The van der Waals surface area contributed by atoms with Crippen molar-refractivity contribution in [2.24, 2.45) is 0 Å². The third-order valence-corrected chi connectivity index (χ3v) is 7.10. The Morgan fingerprint density at radius 3 is 2.96 bits per heavy atom. The fraction of sp³-hybridized carbons (Fsp3) is 0.353. The van der Waals surface area contributed by atoms with Crippen molar-refractivity contribution in [1.82, 2.24) is 24.2 Å². The van der Waals surface area contributed by atoms with Gasteiger partial charge in [-0.05, 0) is 31.2 Å². The van der Waals surface area contributed by atoms with Gasteiger partial charge in [-0.25, -0.2) is 28.1 Å². The van der Waals surface area contributed by atoms with Crippen molar-refractivity contribution in [3.63, 3.8) is 0 Å². The number of hydrogen-bond acceptors (Lipinski definition) is 8. The molecule has 1 aliphatic rings. The van der Waals surface area contributed by atoms with E-state index < -0.39 is 10.0 Å². The van der Waals surface area contributed by atoms with Crippen LogP contribution in [0.5, 0.6) is 5.75 Å². The molecule has 4 rings (SSSR count). The normalized spacial score (nSPS) is 13.6. The minimum atomic E-state index is -3.38. The van der Waals surface area contributed by atoms with Crippen LogP contribution in [-0.2, 0) is 23.0 Å². The number of ether oxygens (including phenoxy) is 1. The lowest BCUT2D eigenvalue weighted by atomic mass is 10.1. The van der Waals surface area contributed by atoms with Crippen molar-refractivity contribution in [2.45, 2.75) is 29.9 Å². The van der Waals surface area contributed by atoms with Crippen molar-refractivity contribution in [3.8, 4) is 5.75 Å². The molecule has 0 radical (unpaired) electrons. The maximum atomic E-state index is 11.9. The monoisotopic (exact) mass is 420 g/mol. The molecule has 0 bridgehead atoms. The Labute approximate surface area is 166 Å². The van der Waals surface area contributed by atoms with E-state index >= 15 is 0 Å². The van der Waals surface area contributed by atoms with Crippen LogP contribution in [0.15, 0.2) is 28.5 Å². The van der Waals surface area contributed by atoms with Gasteiger partial charge in [-0.2, -0.15) is 0 Å². The van der Waals surface area contributed by atoms with Crippen LogP contribution in [0.1, 0.15) is 11.1 Å². The quantitative estimate of drug-likeness (QED) is 0.612. The summed E-state index contributed by atoms with van der Waals surface area (Å²) < 4.78 is 33.6. The number of nitrogen functional groups attached to an aromatic ring is 1. The summed E-state index contributed by atoms with van der Waals surface area (Å²) in [7, 11) is -1.99. The van der Waals surface area contributed by atoms with E-state index in [0.717, 1.165) is 22.6 Å². The molecule has 0 aliphatic carbocycles. The number of benzene rings is 1. The van der Waals surface area contributed by atoms with Gasteiger partial charge in [0, 0.05) is 17.9 Å². The van der Waals surface area contributed by atoms with Crippen LogP contribution < -0.4 is 15.2 Å². The molecular formula is C17H20N6O3S2. The highest BCUT2D eigenvalue weighted by atomic mass is 32.2. The Kier molecular flexibility index (Phi) is 4.89. The van der Waals surface area contributed by atoms with Gasteiger partial charge in [0.15, 0.2) is 22.1 Å². The molecule has 3 aromatic rings. The zero-order valence-electron chi connectivity index (χ0n) is 15.5. The lowest BCUT2D eigenvalue weighted by molar-refractivity contribution is 0.356. The molecule has 11 heteroatoms. The minimum absolute atomic E-state index is 0.0985. The molecule has 0 fully saturated rings. The fourth-order valence-electron chi connectivity index (χ4n) is 3.07. The van der Waals surface area contributed by atoms with E-state index in [9.17, 15) is 8.42 Å². The molecule has 1 aliphatic heterocycles. The van der Waals surface area contributed by atoms with Crippen LogP contribution in [0.25, 0.3) is 11.2 Å². The van der Waals surface area contributed by atoms with E-state index in [1.807, 2.05) is 13.0 Å². The summed E-state index contributed by atoms with van der Waals surface area (Å²) in [5, 5.41) is 0.606. The molecule has 1 aromatic carbocycles. The van der Waals surface area contributed by atoms with E-state index in [1.165, 1.54) is 30.7 Å². The number of hydrogen-bond donors (Lipinski definition) is 2. The standard InChI is InChI=1S/C17H20N6O3S2/c1-10-7-11-3-5-26-12(11)8-13(10)27-17-22-14-15(18)20-9-21-16(14)23(17)4-6-28(24,25)19-2/h7-9,19H,3-6H2,1-2H3,(H2,18,20,21). The van der Waals surface area contributed by atoms with Crippen molar-refractivity contribution in [1.29, 1.82) is 0 Å². The molecule has 3 heterocycles. The Balaban J connectivity index is 1.76. The first-order chi connectivity index (χ1) is 13.4. The number of anilines is 1. The number of sulfonamides is 1. The van der Waals surface area contributed by atoms with Crippen LogP contribution in [-0.4, -0.2) is 47.3 Å². The lowest BCUT2D eigenvalue weighted by Crippen LogP contribution is -2.25. The summed E-state index contributed by atoms with van der Waals surface area (Å²) in [6.45, 7) is 2.92. The molecule has 9 nitrogen and oxygen atoms in total. The lowest BCUT2D eigenvalue weighted by Gasteiger charge is -2.11. The van der Waals surface area contributed by atoms with Gasteiger partial charge >= 0.3 is 0 Å². The number of nitrogens with one attached hydrogen (secondary N) is 1. The van der Waals surface area contributed by atoms with Crippen LogP contribution >= 0.6 is 11.8 Å². The van der Waals surface area contributed by atoms with Gasteiger partial charge in [0.2, 0.25) is 10.0 Å². The topological polar surface area (TPSA) is 125 Å². The van der Waals surface area contributed by atoms with Crippen LogP contribution in [0.2, 0.25) is 0 Å². The van der Waals surface area contributed by atoms with E-state index in [-0.39, 0.29) is 18.1 Å². The Morgan fingerprint density at radius 2 is 2.18 bits per heavy atom. The van der Waals surface area contributed by atoms with Gasteiger partial charge in [-0.1, -0.05) is 17.8 Å². The summed E-state index contributed by atoms with van der Waals surface area (Å²) in [5.41, 5.74) is 9.23. The Hall–Kier alpha value is -2.37. The highest BCUT2D eigenvalue weighted by Gasteiger charge is 2.20.